The lowest BCUT2D eigenvalue weighted by atomic mass is 10.0. The number of thioether (sulfide) groups is 1. The molecule has 110 valence electrons. The Bertz CT molecular complexity index is 646. The molecule has 2 atom stereocenters. The highest BCUT2D eigenvalue weighted by Crippen LogP contribution is 2.43. The van der Waals surface area contributed by atoms with E-state index in [0.29, 0.717) is 23.0 Å². The first-order valence-corrected chi connectivity index (χ1v) is 7.30. The predicted molar refractivity (Wildman–Crippen MR) is 78.7 cm³/mol. The Balaban J connectivity index is 1.91. The lowest BCUT2D eigenvalue weighted by Crippen LogP contribution is -2.40. The molecule has 1 amide bonds. The van der Waals surface area contributed by atoms with Crippen LogP contribution in [0.25, 0.3) is 0 Å². The molecular weight excluding hydrogens is 292 g/mol. The maximum Gasteiger partial charge on any atom is 0.332 e. The van der Waals surface area contributed by atoms with Gasteiger partial charge in [-0.1, -0.05) is 23.9 Å². The van der Waals surface area contributed by atoms with E-state index in [-0.39, 0.29) is 12.0 Å². The van der Waals surface area contributed by atoms with E-state index in [9.17, 15) is 9.59 Å². The number of nitrogens with zero attached hydrogens (tertiary/aromatic N) is 1. The molecule has 2 aliphatic heterocycles. The zero-order valence-corrected chi connectivity index (χ0v) is 12.4. The Kier molecular flexibility index (Phi) is 3.36. The molecule has 1 aromatic rings. The molecular formula is C14H14N2O4S. The van der Waals surface area contributed by atoms with Gasteiger partial charge in [0.25, 0.3) is 5.91 Å². The Morgan fingerprint density at radius 2 is 2.19 bits per heavy atom. The number of carbonyl (C=O) groups excluding carboxylic acids is 2. The standard InChI is InChI=1S/C14H14N2O4S/c1-8-7-14(12(18)20-8)11(17)16-13(21-14)15-9-5-3-4-6-10(9)19-2/h3-6,8H,7H2,1-2H3,(H,15,16,17). The van der Waals surface area contributed by atoms with Gasteiger partial charge >= 0.3 is 5.97 Å². The van der Waals surface area contributed by atoms with Gasteiger partial charge in [0.1, 0.15) is 17.5 Å². The summed E-state index contributed by atoms with van der Waals surface area (Å²) in [5.41, 5.74) is 0.597. The van der Waals surface area contributed by atoms with Crippen molar-refractivity contribution in [1.29, 1.82) is 0 Å². The molecule has 2 saturated heterocycles. The molecule has 2 heterocycles. The predicted octanol–water partition coefficient (Wildman–Crippen LogP) is 1.62. The van der Waals surface area contributed by atoms with E-state index in [1.165, 1.54) is 0 Å². The van der Waals surface area contributed by atoms with Crippen LogP contribution in [-0.2, 0) is 14.3 Å². The van der Waals surface area contributed by atoms with Crippen LogP contribution in [0.4, 0.5) is 5.69 Å². The largest absolute Gasteiger partial charge is 0.494 e. The summed E-state index contributed by atoms with van der Waals surface area (Å²) in [7, 11) is 1.55. The van der Waals surface area contributed by atoms with Gasteiger partial charge in [-0.25, -0.2) is 9.79 Å². The normalized spacial score (nSPS) is 29.8. The zero-order valence-electron chi connectivity index (χ0n) is 11.6. The van der Waals surface area contributed by atoms with Crippen molar-refractivity contribution in [1.82, 2.24) is 5.32 Å². The number of benzene rings is 1. The third-order valence-electron chi connectivity index (χ3n) is 3.38. The maximum absolute atomic E-state index is 12.2. The summed E-state index contributed by atoms with van der Waals surface area (Å²) in [6, 6.07) is 7.22. The van der Waals surface area contributed by atoms with Crippen LogP contribution in [0.5, 0.6) is 5.75 Å². The highest BCUT2D eigenvalue weighted by molar-refractivity contribution is 8.17. The average Bonchev–Trinajstić information content (AvgIpc) is 2.91. The van der Waals surface area contributed by atoms with Gasteiger partial charge in [0.2, 0.25) is 4.75 Å². The second-order valence-corrected chi connectivity index (χ2v) is 6.18. The molecule has 1 N–H and O–H groups in total. The van der Waals surface area contributed by atoms with Crippen molar-refractivity contribution in [3.63, 3.8) is 0 Å². The minimum absolute atomic E-state index is 0.263. The van der Waals surface area contributed by atoms with Crippen molar-refractivity contribution >= 4 is 34.5 Å². The first-order chi connectivity index (χ1) is 10.0. The number of rotatable bonds is 2. The van der Waals surface area contributed by atoms with Gasteiger partial charge in [0.15, 0.2) is 5.17 Å². The van der Waals surface area contributed by atoms with Crippen LogP contribution in [0.2, 0.25) is 0 Å². The number of cyclic esters (lactones) is 1. The number of esters is 1. The first-order valence-electron chi connectivity index (χ1n) is 6.48. The molecule has 2 aliphatic rings. The van der Waals surface area contributed by atoms with E-state index in [4.69, 9.17) is 9.47 Å². The van der Waals surface area contributed by atoms with Gasteiger partial charge in [-0.3, -0.25) is 4.79 Å². The monoisotopic (exact) mass is 306 g/mol. The zero-order chi connectivity index (χ0) is 15.0. The molecule has 3 rings (SSSR count). The second-order valence-electron chi connectivity index (χ2n) is 4.89. The molecule has 0 aromatic heterocycles. The molecule has 2 fully saturated rings. The number of aliphatic imine (C=N–C) groups is 1. The summed E-state index contributed by atoms with van der Waals surface area (Å²) in [6.45, 7) is 1.77. The number of amidine groups is 1. The van der Waals surface area contributed by atoms with Crippen LogP contribution in [0.15, 0.2) is 29.3 Å². The van der Waals surface area contributed by atoms with Gasteiger partial charge in [0.05, 0.1) is 7.11 Å². The Morgan fingerprint density at radius 1 is 1.43 bits per heavy atom. The van der Waals surface area contributed by atoms with Crippen LogP contribution in [-0.4, -0.2) is 35.0 Å². The molecule has 0 saturated carbocycles. The van der Waals surface area contributed by atoms with Gasteiger partial charge in [-0.15, -0.1) is 0 Å². The Labute approximate surface area is 125 Å². The van der Waals surface area contributed by atoms with Crippen LogP contribution >= 0.6 is 11.8 Å². The van der Waals surface area contributed by atoms with Crippen molar-refractivity contribution in [2.45, 2.75) is 24.2 Å². The maximum atomic E-state index is 12.2. The molecule has 0 bridgehead atoms. The fourth-order valence-electron chi connectivity index (χ4n) is 2.39. The van der Waals surface area contributed by atoms with Gasteiger partial charge in [-0.05, 0) is 19.1 Å². The van der Waals surface area contributed by atoms with E-state index in [0.717, 1.165) is 11.8 Å². The Hall–Kier alpha value is -2.02. The highest BCUT2D eigenvalue weighted by Gasteiger charge is 2.59. The van der Waals surface area contributed by atoms with E-state index in [2.05, 4.69) is 10.3 Å². The average molecular weight is 306 g/mol. The topological polar surface area (TPSA) is 77.0 Å². The Morgan fingerprint density at radius 3 is 2.86 bits per heavy atom. The van der Waals surface area contributed by atoms with Crippen LogP contribution in [0, 0.1) is 0 Å². The number of ether oxygens (including phenoxy) is 2. The summed E-state index contributed by atoms with van der Waals surface area (Å²) >= 11 is 1.11. The quantitative estimate of drug-likeness (QED) is 0.663. The summed E-state index contributed by atoms with van der Waals surface area (Å²) in [5, 5.41) is 3.04. The number of para-hydroxylation sites is 2. The lowest BCUT2D eigenvalue weighted by molar-refractivity contribution is -0.144. The van der Waals surface area contributed by atoms with E-state index in [1.807, 2.05) is 12.1 Å². The highest BCUT2D eigenvalue weighted by atomic mass is 32.2. The van der Waals surface area contributed by atoms with Gasteiger partial charge in [0, 0.05) is 6.42 Å². The summed E-state index contributed by atoms with van der Waals surface area (Å²) in [5.74, 6) is -0.263. The summed E-state index contributed by atoms with van der Waals surface area (Å²) < 4.78 is 9.14. The first kappa shape index (κ1) is 13.9. The van der Waals surface area contributed by atoms with Crippen molar-refractivity contribution < 1.29 is 19.1 Å². The van der Waals surface area contributed by atoms with Gasteiger partial charge in [-0.2, -0.15) is 0 Å². The van der Waals surface area contributed by atoms with E-state index >= 15 is 0 Å². The van der Waals surface area contributed by atoms with Crippen LogP contribution < -0.4 is 10.1 Å². The second kappa shape index (κ2) is 5.07. The molecule has 6 nitrogen and oxygen atoms in total. The number of carbonyl (C=O) groups is 2. The number of hydrogen-bond donors (Lipinski definition) is 1. The molecule has 0 radical (unpaired) electrons. The number of amides is 1. The molecule has 7 heteroatoms. The number of hydrogen-bond acceptors (Lipinski definition) is 6. The van der Waals surface area contributed by atoms with Crippen LogP contribution in [0.3, 0.4) is 0 Å². The van der Waals surface area contributed by atoms with Gasteiger partial charge < -0.3 is 14.8 Å². The smallest absolute Gasteiger partial charge is 0.332 e. The fraction of sp³-hybridized carbons (Fsp3) is 0.357. The van der Waals surface area contributed by atoms with Crippen molar-refractivity contribution in [3.8, 4) is 5.75 Å². The molecule has 21 heavy (non-hydrogen) atoms. The van der Waals surface area contributed by atoms with E-state index < -0.39 is 10.7 Å². The minimum Gasteiger partial charge on any atom is -0.494 e. The van der Waals surface area contributed by atoms with Crippen molar-refractivity contribution in [3.05, 3.63) is 24.3 Å². The molecule has 2 unspecified atom stereocenters. The molecule has 1 aromatic carbocycles. The van der Waals surface area contributed by atoms with Crippen molar-refractivity contribution in [2.24, 2.45) is 4.99 Å². The summed E-state index contributed by atoms with van der Waals surface area (Å²) in [6.07, 6.45) is 0.0918. The summed E-state index contributed by atoms with van der Waals surface area (Å²) in [4.78, 5) is 28.5. The lowest BCUT2D eigenvalue weighted by Gasteiger charge is -2.10. The van der Waals surface area contributed by atoms with E-state index in [1.54, 1.807) is 26.2 Å². The number of methoxy groups -OCH3 is 1. The molecule has 1 spiro atoms. The minimum atomic E-state index is -1.19. The van der Waals surface area contributed by atoms with Crippen LogP contribution in [0.1, 0.15) is 13.3 Å². The van der Waals surface area contributed by atoms with Crippen molar-refractivity contribution in [2.75, 3.05) is 7.11 Å². The number of nitrogens with one attached hydrogen (secondary N) is 1. The molecule has 0 aliphatic carbocycles. The SMILES string of the molecule is COc1ccccc1N=C1NC(=O)C2(CC(C)OC2=O)S1. The fourth-order valence-corrected chi connectivity index (χ4v) is 3.60. The third kappa shape index (κ3) is 2.27. The third-order valence-corrected chi connectivity index (χ3v) is 4.63.